The van der Waals surface area contributed by atoms with Gasteiger partial charge < -0.3 is 15.2 Å². The van der Waals surface area contributed by atoms with Gasteiger partial charge in [0, 0.05) is 11.6 Å². The van der Waals surface area contributed by atoms with Gasteiger partial charge in [-0.05, 0) is 25.1 Å². The lowest BCUT2D eigenvalue weighted by atomic mass is 9.78. The second-order valence-corrected chi connectivity index (χ2v) is 4.72. The smallest absolute Gasteiger partial charge is 0.172 e. The Hall–Kier alpha value is -1.46. The molecule has 98 valence electrons. The van der Waals surface area contributed by atoms with Crippen molar-refractivity contribution < 1.29 is 18.7 Å². The molecule has 0 aromatic heterocycles. The minimum atomic E-state index is -0.791. The number of methoxy groups -OCH3 is 1. The number of benzene rings is 1. The van der Waals surface area contributed by atoms with Crippen LogP contribution in [0.3, 0.4) is 0 Å². The Kier molecular flexibility index (Phi) is 3.36. The van der Waals surface area contributed by atoms with Crippen molar-refractivity contribution in [1.82, 2.24) is 0 Å². The number of halogens is 1. The van der Waals surface area contributed by atoms with Crippen molar-refractivity contribution in [3.05, 3.63) is 29.6 Å². The molecule has 0 amide bonds. The molecule has 1 aromatic rings. The molecule has 0 radical (unpaired) electrons. The average Bonchev–Trinajstić information content (AvgIpc) is 2.70. The van der Waals surface area contributed by atoms with Crippen LogP contribution >= 0.6 is 0 Å². The fraction of sp³-hybridized carbons (Fsp3) is 0.462. The van der Waals surface area contributed by atoms with Crippen LogP contribution in [0.4, 0.5) is 4.39 Å². The molecule has 2 N–H and O–H groups in total. The topological polar surface area (TPSA) is 61.5 Å². The Morgan fingerprint density at radius 2 is 2.33 bits per heavy atom. The lowest BCUT2D eigenvalue weighted by molar-refractivity contribution is 0.0767. The first-order valence-electron chi connectivity index (χ1n) is 5.70. The summed E-state index contributed by atoms with van der Waals surface area (Å²) in [5.41, 5.74) is 5.38. The van der Waals surface area contributed by atoms with Gasteiger partial charge in [-0.3, -0.25) is 4.79 Å². The minimum Gasteiger partial charge on any atom is -0.494 e. The largest absolute Gasteiger partial charge is 0.494 e. The third-order valence-corrected chi connectivity index (χ3v) is 3.45. The van der Waals surface area contributed by atoms with Crippen LogP contribution in [-0.4, -0.2) is 32.1 Å². The van der Waals surface area contributed by atoms with E-state index in [4.69, 9.17) is 15.2 Å². The van der Waals surface area contributed by atoms with Gasteiger partial charge in [0.15, 0.2) is 17.3 Å². The van der Waals surface area contributed by atoms with Gasteiger partial charge in [0.25, 0.3) is 0 Å². The molecular formula is C13H16FNO3. The number of hydrogen-bond acceptors (Lipinski definition) is 4. The maximum absolute atomic E-state index is 13.6. The van der Waals surface area contributed by atoms with E-state index in [9.17, 15) is 9.18 Å². The molecule has 0 bridgehead atoms. The molecule has 1 saturated heterocycles. The van der Waals surface area contributed by atoms with E-state index in [-0.39, 0.29) is 29.7 Å². The van der Waals surface area contributed by atoms with E-state index >= 15 is 0 Å². The van der Waals surface area contributed by atoms with Crippen molar-refractivity contribution in [2.24, 2.45) is 11.1 Å². The minimum absolute atomic E-state index is 0.115. The van der Waals surface area contributed by atoms with Gasteiger partial charge in [0.2, 0.25) is 0 Å². The highest BCUT2D eigenvalue weighted by molar-refractivity contribution is 6.01. The monoisotopic (exact) mass is 253 g/mol. The molecule has 1 heterocycles. The van der Waals surface area contributed by atoms with Crippen molar-refractivity contribution in [3.8, 4) is 5.75 Å². The first kappa shape index (κ1) is 13.0. The zero-order valence-corrected chi connectivity index (χ0v) is 10.4. The number of ether oxygens (including phenoxy) is 2. The average molecular weight is 253 g/mol. The molecule has 4 nitrogen and oxygen atoms in total. The Balaban J connectivity index is 2.32. The highest BCUT2D eigenvalue weighted by atomic mass is 19.1. The molecule has 1 aromatic carbocycles. The van der Waals surface area contributed by atoms with E-state index in [2.05, 4.69) is 0 Å². The standard InChI is InChI=1S/C13H16FNO3/c1-13(7-18-6-11(13)15)12(16)8-3-4-10(17-2)9(14)5-8/h3-5,11H,6-7,15H2,1-2H3. The van der Waals surface area contributed by atoms with E-state index in [1.807, 2.05) is 0 Å². The Morgan fingerprint density at radius 1 is 1.61 bits per heavy atom. The molecule has 5 heteroatoms. The van der Waals surface area contributed by atoms with Crippen molar-refractivity contribution in [3.63, 3.8) is 0 Å². The zero-order chi connectivity index (χ0) is 13.3. The van der Waals surface area contributed by atoms with Gasteiger partial charge in [-0.25, -0.2) is 4.39 Å². The SMILES string of the molecule is COc1ccc(C(=O)C2(C)COCC2N)cc1F. The number of hydrogen-bond donors (Lipinski definition) is 1. The molecule has 2 unspecified atom stereocenters. The molecule has 2 rings (SSSR count). The molecule has 2 atom stereocenters. The van der Waals surface area contributed by atoms with Gasteiger partial charge in [0.1, 0.15) is 0 Å². The Labute approximate surface area is 105 Å². The maximum Gasteiger partial charge on any atom is 0.172 e. The summed E-state index contributed by atoms with van der Waals surface area (Å²) < 4.78 is 23.6. The first-order valence-corrected chi connectivity index (χ1v) is 5.70. The summed E-state index contributed by atoms with van der Waals surface area (Å²) in [4.78, 5) is 12.4. The maximum atomic E-state index is 13.6. The fourth-order valence-corrected chi connectivity index (χ4v) is 2.06. The number of carbonyl (C=O) groups is 1. The number of nitrogens with two attached hydrogens (primary N) is 1. The van der Waals surface area contributed by atoms with Crippen molar-refractivity contribution in [1.29, 1.82) is 0 Å². The molecule has 0 saturated carbocycles. The summed E-state index contributed by atoms with van der Waals surface area (Å²) in [5, 5.41) is 0. The van der Waals surface area contributed by atoms with Gasteiger partial charge >= 0.3 is 0 Å². The summed E-state index contributed by atoms with van der Waals surface area (Å²) in [6.45, 7) is 2.36. The summed E-state index contributed by atoms with van der Waals surface area (Å²) >= 11 is 0. The van der Waals surface area contributed by atoms with Gasteiger partial charge in [-0.1, -0.05) is 0 Å². The predicted molar refractivity (Wildman–Crippen MR) is 64.2 cm³/mol. The molecule has 18 heavy (non-hydrogen) atoms. The van der Waals surface area contributed by atoms with E-state index in [0.717, 1.165) is 0 Å². The number of carbonyl (C=O) groups excluding carboxylic acids is 1. The quantitative estimate of drug-likeness (QED) is 0.827. The summed E-state index contributed by atoms with van der Waals surface area (Å²) in [5.74, 6) is -0.642. The van der Waals surface area contributed by atoms with Crippen LogP contribution in [0.5, 0.6) is 5.75 Å². The van der Waals surface area contributed by atoms with E-state index in [1.54, 1.807) is 13.0 Å². The first-order chi connectivity index (χ1) is 8.49. The molecule has 1 aliphatic rings. The van der Waals surface area contributed by atoms with Crippen LogP contribution in [0.15, 0.2) is 18.2 Å². The van der Waals surface area contributed by atoms with Crippen LogP contribution in [-0.2, 0) is 4.74 Å². The zero-order valence-electron chi connectivity index (χ0n) is 10.4. The van der Waals surface area contributed by atoms with Crippen LogP contribution in [0.1, 0.15) is 17.3 Å². The highest BCUT2D eigenvalue weighted by Gasteiger charge is 2.44. The fourth-order valence-electron chi connectivity index (χ4n) is 2.06. The van der Waals surface area contributed by atoms with Crippen LogP contribution in [0.2, 0.25) is 0 Å². The second-order valence-electron chi connectivity index (χ2n) is 4.72. The Morgan fingerprint density at radius 3 is 2.83 bits per heavy atom. The van der Waals surface area contributed by atoms with Crippen molar-refractivity contribution in [2.45, 2.75) is 13.0 Å². The second kappa shape index (κ2) is 4.66. The van der Waals surface area contributed by atoms with E-state index < -0.39 is 11.2 Å². The van der Waals surface area contributed by atoms with Gasteiger partial charge in [-0.15, -0.1) is 0 Å². The Bertz CT molecular complexity index is 477. The lowest BCUT2D eigenvalue weighted by Crippen LogP contribution is -2.44. The van der Waals surface area contributed by atoms with Gasteiger partial charge in [0.05, 0.1) is 25.7 Å². The number of ketones is 1. The van der Waals surface area contributed by atoms with E-state index in [0.29, 0.717) is 6.61 Å². The molecular weight excluding hydrogens is 237 g/mol. The molecule has 0 spiro atoms. The van der Waals surface area contributed by atoms with Crippen LogP contribution in [0.25, 0.3) is 0 Å². The molecule has 1 fully saturated rings. The molecule has 1 aliphatic heterocycles. The summed E-state index contributed by atoms with van der Waals surface area (Å²) in [6.07, 6.45) is 0. The number of rotatable bonds is 3. The predicted octanol–water partition coefficient (Wildman–Crippen LogP) is 1.38. The molecule has 0 aliphatic carbocycles. The summed E-state index contributed by atoms with van der Waals surface area (Å²) in [7, 11) is 1.38. The highest BCUT2D eigenvalue weighted by Crippen LogP contribution is 2.32. The van der Waals surface area contributed by atoms with Crippen molar-refractivity contribution in [2.75, 3.05) is 20.3 Å². The normalized spacial score (nSPS) is 27.2. The van der Waals surface area contributed by atoms with Crippen LogP contribution < -0.4 is 10.5 Å². The number of Topliss-reactive ketones (excluding diaryl/α,β-unsaturated/α-hetero) is 1. The van der Waals surface area contributed by atoms with Crippen molar-refractivity contribution >= 4 is 5.78 Å². The van der Waals surface area contributed by atoms with E-state index in [1.165, 1.54) is 19.2 Å². The summed E-state index contributed by atoms with van der Waals surface area (Å²) in [6, 6.07) is 3.79. The third-order valence-electron chi connectivity index (χ3n) is 3.45. The third kappa shape index (κ3) is 2.00. The lowest BCUT2D eigenvalue weighted by Gasteiger charge is -2.25. The van der Waals surface area contributed by atoms with Crippen LogP contribution in [0, 0.1) is 11.2 Å². The van der Waals surface area contributed by atoms with Gasteiger partial charge in [-0.2, -0.15) is 0 Å².